The maximum atomic E-state index is 11.7. The molecule has 0 atom stereocenters. The van der Waals surface area contributed by atoms with E-state index in [9.17, 15) is 14.4 Å². The van der Waals surface area contributed by atoms with E-state index in [2.05, 4.69) is 0 Å². The summed E-state index contributed by atoms with van der Waals surface area (Å²) in [4.78, 5) is 36.8. The molecule has 0 spiro atoms. The van der Waals surface area contributed by atoms with Gasteiger partial charge in [-0.15, -0.1) is 0 Å². The van der Waals surface area contributed by atoms with Crippen LogP contribution in [0.2, 0.25) is 0 Å². The van der Waals surface area contributed by atoms with E-state index in [4.69, 9.17) is 0 Å². The van der Waals surface area contributed by atoms with Crippen LogP contribution in [0.5, 0.6) is 0 Å². The number of likely N-dealkylation sites (N-methyl/N-ethyl adjacent to an activating group) is 2. The van der Waals surface area contributed by atoms with Crippen molar-refractivity contribution in [1.29, 1.82) is 0 Å². The second kappa shape index (κ2) is 6.98. The van der Waals surface area contributed by atoms with Crippen LogP contribution >= 0.6 is 0 Å². The van der Waals surface area contributed by atoms with E-state index in [1.54, 1.807) is 4.90 Å². The van der Waals surface area contributed by atoms with Crippen molar-refractivity contribution in [2.75, 3.05) is 26.7 Å². The maximum Gasteiger partial charge on any atom is 0.242 e. The molecule has 5 nitrogen and oxygen atoms in total. The van der Waals surface area contributed by atoms with E-state index < -0.39 is 0 Å². The Morgan fingerprint density at radius 3 is 1.88 bits per heavy atom. The van der Waals surface area contributed by atoms with Gasteiger partial charge in [-0.05, 0) is 20.8 Å². The zero-order valence-corrected chi connectivity index (χ0v) is 10.4. The molecular formula is C11H20N2O3. The molecule has 0 fully saturated rings. The number of Topliss-reactive ketones (excluding diaryl/α,β-unsaturated/α-hetero) is 1. The molecule has 0 N–H and O–H groups in total. The van der Waals surface area contributed by atoms with Gasteiger partial charge in [0.25, 0.3) is 0 Å². The van der Waals surface area contributed by atoms with Crippen LogP contribution in [0.25, 0.3) is 0 Å². The Morgan fingerprint density at radius 2 is 1.50 bits per heavy atom. The quantitative estimate of drug-likeness (QED) is 0.614. The molecule has 0 aliphatic heterocycles. The van der Waals surface area contributed by atoms with Crippen LogP contribution in [0, 0.1) is 0 Å². The molecule has 0 aromatic carbocycles. The highest BCUT2D eigenvalue weighted by atomic mass is 16.2. The third kappa shape index (κ3) is 4.91. The minimum atomic E-state index is -0.312. The molecule has 0 rings (SSSR count). The van der Waals surface area contributed by atoms with E-state index in [1.807, 2.05) is 13.8 Å². The number of amides is 2. The van der Waals surface area contributed by atoms with Crippen LogP contribution < -0.4 is 0 Å². The highest BCUT2D eigenvalue weighted by Gasteiger charge is 2.17. The van der Waals surface area contributed by atoms with E-state index in [1.165, 1.54) is 18.9 Å². The van der Waals surface area contributed by atoms with Gasteiger partial charge in [0.1, 0.15) is 5.78 Å². The van der Waals surface area contributed by atoms with E-state index in [0.29, 0.717) is 13.1 Å². The zero-order valence-electron chi connectivity index (χ0n) is 10.4. The Morgan fingerprint density at radius 1 is 1.00 bits per heavy atom. The van der Waals surface area contributed by atoms with Crippen molar-refractivity contribution >= 4 is 17.6 Å². The number of carbonyl (C=O) groups excluding carboxylic acids is 3. The predicted molar refractivity (Wildman–Crippen MR) is 60.9 cm³/mol. The lowest BCUT2D eigenvalue weighted by molar-refractivity contribution is -0.140. The monoisotopic (exact) mass is 228 g/mol. The summed E-state index contributed by atoms with van der Waals surface area (Å²) in [5.41, 5.74) is 0. The Bertz CT molecular complexity index is 272. The molecule has 2 amide bonds. The zero-order chi connectivity index (χ0) is 12.7. The van der Waals surface area contributed by atoms with Gasteiger partial charge in [-0.1, -0.05) is 0 Å². The molecule has 92 valence electrons. The van der Waals surface area contributed by atoms with Gasteiger partial charge in [-0.2, -0.15) is 0 Å². The maximum absolute atomic E-state index is 11.7. The first-order chi connectivity index (χ1) is 7.42. The van der Waals surface area contributed by atoms with Crippen LogP contribution in [0.1, 0.15) is 27.2 Å². The summed E-state index contributed by atoms with van der Waals surface area (Å²) < 4.78 is 0. The van der Waals surface area contributed by atoms with Crippen molar-refractivity contribution in [1.82, 2.24) is 9.80 Å². The highest BCUT2D eigenvalue weighted by Crippen LogP contribution is 1.96. The molecule has 16 heavy (non-hydrogen) atoms. The van der Waals surface area contributed by atoms with Gasteiger partial charge in [0, 0.05) is 20.1 Å². The number of hydrogen-bond acceptors (Lipinski definition) is 3. The second-order valence-corrected chi connectivity index (χ2v) is 3.69. The molecule has 0 aliphatic carbocycles. The van der Waals surface area contributed by atoms with Crippen molar-refractivity contribution in [2.45, 2.75) is 27.2 Å². The Labute approximate surface area is 96.4 Å². The first kappa shape index (κ1) is 14.6. The minimum absolute atomic E-state index is 0.0355. The second-order valence-electron chi connectivity index (χ2n) is 3.69. The average Bonchev–Trinajstić information content (AvgIpc) is 2.18. The summed E-state index contributed by atoms with van der Waals surface area (Å²) in [6, 6.07) is 0. The SMILES string of the molecule is CCN(CC)C(=O)CN(C)C(=O)CC(C)=O. The van der Waals surface area contributed by atoms with Crippen LogP contribution in [0.4, 0.5) is 0 Å². The molecule has 0 saturated carbocycles. The van der Waals surface area contributed by atoms with Crippen molar-refractivity contribution in [3.8, 4) is 0 Å². The standard InChI is InChI=1S/C11H20N2O3/c1-5-13(6-2)11(16)8-12(4)10(15)7-9(3)14/h5-8H2,1-4H3. The predicted octanol–water partition coefficient (Wildman–Crippen LogP) is 0.292. The van der Waals surface area contributed by atoms with Crippen LogP contribution in [-0.4, -0.2) is 54.1 Å². The molecule has 0 aliphatic rings. The Hall–Kier alpha value is -1.39. The van der Waals surface area contributed by atoms with Crippen molar-refractivity contribution < 1.29 is 14.4 Å². The average molecular weight is 228 g/mol. The Kier molecular flexibility index (Phi) is 6.37. The topological polar surface area (TPSA) is 57.7 Å². The van der Waals surface area contributed by atoms with Gasteiger partial charge in [0.15, 0.2) is 0 Å². The van der Waals surface area contributed by atoms with Gasteiger partial charge >= 0.3 is 0 Å². The number of carbonyl (C=O) groups is 3. The summed E-state index contributed by atoms with van der Waals surface area (Å²) in [6.07, 6.45) is -0.137. The lowest BCUT2D eigenvalue weighted by Crippen LogP contribution is -2.41. The smallest absolute Gasteiger partial charge is 0.242 e. The fourth-order valence-electron chi connectivity index (χ4n) is 1.32. The molecule has 0 radical (unpaired) electrons. The van der Waals surface area contributed by atoms with Crippen LogP contribution in [0.15, 0.2) is 0 Å². The third-order valence-corrected chi connectivity index (χ3v) is 2.31. The van der Waals surface area contributed by atoms with Gasteiger partial charge in [0.05, 0.1) is 13.0 Å². The van der Waals surface area contributed by atoms with Gasteiger partial charge in [-0.25, -0.2) is 0 Å². The number of rotatable bonds is 6. The van der Waals surface area contributed by atoms with Crippen molar-refractivity contribution in [3.05, 3.63) is 0 Å². The lowest BCUT2D eigenvalue weighted by Gasteiger charge is -2.22. The number of ketones is 1. The van der Waals surface area contributed by atoms with Crippen LogP contribution in [0.3, 0.4) is 0 Å². The molecule has 5 heteroatoms. The summed E-state index contributed by atoms with van der Waals surface area (Å²) in [5.74, 6) is -0.593. The molecular weight excluding hydrogens is 208 g/mol. The molecule has 0 heterocycles. The first-order valence-corrected chi connectivity index (χ1v) is 5.43. The van der Waals surface area contributed by atoms with E-state index in [-0.39, 0.29) is 30.6 Å². The summed E-state index contributed by atoms with van der Waals surface area (Å²) in [6.45, 7) is 6.43. The molecule has 0 saturated heterocycles. The van der Waals surface area contributed by atoms with E-state index >= 15 is 0 Å². The number of nitrogens with zero attached hydrogens (tertiary/aromatic N) is 2. The summed E-state index contributed by atoms with van der Waals surface area (Å²) in [7, 11) is 1.53. The third-order valence-electron chi connectivity index (χ3n) is 2.31. The summed E-state index contributed by atoms with van der Waals surface area (Å²) in [5, 5.41) is 0. The van der Waals surface area contributed by atoms with Crippen molar-refractivity contribution in [2.24, 2.45) is 0 Å². The normalized spacial score (nSPS) is 9.75. The molecule has 0 aromatic rings. The van der Waals surface area contributed by atoms with Gasteiger partial charge in [0.2, 0.25) is 11.8 Å². The lowest BCUT2D eigenvalue weighted by atomic mass is 10.3. The molecule has 0 bridgehead atoms. The highest BCUT2D eigenvalue weighted by molar-refractivity contribution is 5.97. The van der Waals surface area contributed by atoms with Crippen molar-refractivity contribution in [3.63, 3.8) is 0 Å². The Balaban J connectivity index is 4.22. The summed E-state index contributed by atoms with van der Waals surface area (Å²) >= 11 is 0. The fourth-order valence-corrected chi connectivity index (χ4v) is 1.32. The molecule has 0 unspecified atom stereocenters. The largest absolute Gasteiger partial charge is 0.342 e. The minimum Gasteiger partial charge on any atom is -0.342 e. The van der Waals surface area contributed by atoms with E-state index in [0.717, 1.165) is 0 Å². The van der Waals surface area contributed by atoms with Crippen LogP contribution in [-0.2, 0) is 14.4 Å². The fraction of sp³-hybridized carbons (Fsp3) is 0.727. The van der Waals surface area contributed by atoms with Gasteiger partial charge < -0.3 is 9.80 Å². The van der Waals surface area contributed by atoms with Gasteiger partial charge in [-0.3, -0.25) is 14.4 Å². The number of hydrogen-bond donors (Lipinski definition) is 0. The molecule has 0 aromatic heterocycles. The first-order valence-electron chi connectivity index (χ1n) is 5.43.